The normalized spacial score (nSPS) is 19.2. The number of aromatic amines is 1. The van der Waals surface area contributed by atoms with Gasteiger partial charge < -0.3 is 4.74 Å². The minimum absolute atomic E-state index is 0.124. The van der Waals surface area contributed by atoms with Crippen LogP contribution in [0.5, 0.6) is 5.75 Å². The molecule has 1 fully saturated rings. The van der Waals surface area contributed by atoms with Crippen LogP contribution in [-0.2, 0) is 13.0 Å². The summed E-state index contributed by atoms with van der Waals surface area (Å²) in [6, 6.07) is 10.9. The van der Waals surface area contributed by atoms with Gasteiger partial charge in [0, 0.05) is 30.8 Å². The molecule has 2 aliphatic heterocycles. The maximum Gasteiger partial charge on any atom is 0.322 e. The van der Waals surface area contributed by atoms with E-state index >= 15 is 0 Å². The van der Waals surface area contributed by atoms with Gasteiger partial charge >= 0.3 is 4.87 Å². The van der Waals surface area contributed by atoms with Gasteiger partial charge in [-0.2, -0.15) is 5.10 Å². The third-order valence-electron chi connectivity index (χ3n) is 5.32. The first-order valence-electron chi connectivity index (χ1n) is 9.27. The molecule has 0 saturated carbocycles. The summed E-state index contributed by atoms with van der Waals surface area (Å²) in [4.78, 5) is 18.3. The molecule has 0 aliphatic carbocycles. The van der Waals surface area contributed by atoms with Crippen LogP contribution in [-0.4, -0.2) is 33.2 Å². The highest BCUT2D eigenvalue weighted by molar-refractivity contribution is 7.12. The number of pyridine rings is 1. The van der Waals surface area contributed by atoms with E-state index in [1.807, 2.05) is 18.3 Å². The lowest BCUT2D eigenvalue weighted by Gasteiger charge is -2.25. The number of likely N-dealkylation sites (tertiary alicyclic amines) is 1. The Hall–Kier alpha value is -2.51. The Morgan fingerprint density at radius 3 is 3.00 bits per heavy atom. The lowest BCUT2D eigenvalue weighted by atomic mass is 10.0. The number of aromatic nitrogens is 3. The van der Waals surface area contributed by atoms with E-state index in [0.29, 0.717) is 6.04 Å². The van der Waals surface area contributed by atoms with Crippen molar-refractivity contribution in [3.05, 3.63) is 63.0 Å². The van der Waals surface area contributed by atoms with E-state index in [4.69, 9.17) is 4.74 Å². The van der Waals surface area contributed by atoms with Gasteiger partial charge in [0.15, 0.2) is 0 Å². The van der Waals surface area contributed by atoms with E-state index in [2.05, 4.69) is 38.3 Å². The quantitative estimate of drug-likeness (QED) is 0.753. The van der Waals surface area contributed by atoms with Gasteiger partial charge in [-0.15, -0.1) is 0 Å². The number of fused-ring (bicyclic) bond motifs is 1. The molecular formula is C20H20N4O2S. The predicted molar refractivity (Wildman–Crippen MR) is 104 cm³/mol. The molecule has 0 amide bonds. The van der Waals surface area contributed by atoms with Crippen LogP contribution in [0.15, 0.2) is 41.3 Å². The molecule has 1 saturated heterocycles. The van der Waals surface area contributed by atoms with Crippen molar-refractivity contribution < 1.29 is 4.74 Å². The predicted octanol–water partition coefficient (Wildman–Crippen LogP) is 3.17. The molecule has 0 bridgehead atoms. The number of H-pyrrole nitrogens is 1. The maximum atomic E-state index is 11.3. The zero-order valence-electron chi connectivity index (χ0n) is 14.9. The monoisotopic (exact) mass is 380 g/mol. The summed E-state index contributed by atoms with van der Waals surface area (Å²) < 4.78 is 5.70. The average molecular weight is 380 g/mol. The second-order valence-electron chi connectivity index (χ2n) is 7.06. The molecule has 0 spiro atoms. The number of nitrogens with zero attached hydrogens (tertiary/aromatic N) is 3. The number of hydrogen-bond donors (Lipinski definition) is 1. The Balaban J connectivity index is 1.33. The molecule has 1 atom stereocenters. The molecule has 1 aromatic carbocycles. The fourth-order valence-corrected chi connectivity index (χ4v) is 4.59. The zero-order chi connectivity index (χ0) is 18.2. The van der Waals surface area contributed by atoms with Crippen molar-refractivity contribution >= 4 is 11.3 Å². The molecule has 2 aliphatic rings. The van der Waals surface area contributed by atoms with Gasteiger partial charge in [-0.1, -0.05) is 35.6 Å². The third-order valence-corrected chi connectivity index (χ3v) is 6.12. The summed E-state index contributed by atoms with van der Waals surface area (Å²) in [5, 5.41) is 7.25. The van der Waals surface area contributed by atoms with Crippen molar-refractivity contribution in [1.29, 1.82) is 0 Å². The van der Waals surface area contributed by atoms with Crippen molar-refractivity contribution in [2.45, 2.75) is 31.8 Å². The van der Waals surface area contributed by atoms with Crippen molar-refractivity contribution in [2.75, 3.05) is 13.2 Å². The van der Waals surface area contributed by atoms with E-state index in [1.54, 1.807) is 0 Å². The summed E-state index contributed by atoms with van der Waals surface area (Å²) in [7, 11) is 0. The number of benzene rings is 1. The smallest absolute Gasteiger partial charge is 0.322 e. The third kappa shape index (κ3) is 3.28. The first-order chi connectivity index (χ1) is 13.3. The molecule has 4 heterocycles. The molecule has 27 heavy (non-hydrogen) atoms. The summed E-state index contributed by atoms with van der Waals surface area (Å²) in [5.41, 5.74) is 4.57. The molecule has 5 rings (SSSR count). The minimum atomic E-state index is -0.124. The summed E-state index contributed by atoms with van der Waals surface area (Å²) in [6.45, 7) is 2.74. The van der Waals surface area contributed by atoms with Gasteiger partial charge in [-0.3, -0.25) is 14.7 Å². The molecular weight excluding hydrogens is 360 g/mol. The van der Waals surface area contributed by atoms with E-state index < -0.39 is 0 Å². The number of rotatable bonds is 4. The van der Waals surface area contributed by atoms with Gasteiger partial charge in [0.05, 0.1) is 12.3 Å². The molecule has 2 aromatic heterocycles. The topological polar surface area (TPSA) is 71.1 Å². The van der Waals surface area contributed by atoms with Gasteiger partial charge in [0.2, 0.25) is 0 Å². The maximum absolute atomic E-state index is 11.3. The lowest BCUT2D eigenvalue weighted by Crippen LogP contribution is -2.22. The van der Waals surface area contributed by atoms with Crippen LogP contribution in [0.1, 0.15) is 35.7 Å². The Labute approximate surface area is 160 Å². The fraction of sp³-hybridized carbons (Fsp3) is 0.350. The lowest BCUT2D eigenvalue weighted by molar-refractivity contribution is 0.247. The van der Waals surface area contributed by atoms with Gasteiger partial charge in [0.1, 0.15) is 10.8 Å². The van der Waals surface area contributed by atoms with Crippen LogP contribution in [0.3, 0.4) is 0 Å². The Kier molecular flexibility index (Phi) is 4.26. The van der Waals surface area contributed by atoms with Crippen molar-refractivity contribution in [3.8, 4) is 16.3 Å². The Morgan fingerprint density at radius 2 is 2.19 bits per heavy atom. The van der Waals surface area contributed by atoms with Crippen LogP contribution < -0.4 is 9.61 Å². The molecule has 7 heteroatoms. The fourth-order valence-electron chi connectivity index (χ4n) is 3.97. The van der Waals surface area contributed by atoms with E-state index in [-0.39, 0.29) is 4.87 Å². The second-order valence-corrected chi connectivity index (χ2v) is 8.02. The first kappa shape index (κ1) is 16.6. The number of ether oxygens (including phenoxy) is 1. The molecule has 6 nitrogen and oxygen atoms in total. The highest BCUT2D eigenvalue weighted by atomic mass is 32.1. The first-order valence-corrected chi connectivity index (χ1v) is 10.1. The number of hydrogen-bond acceptors (Lipinski definition) is 6. The van der Waals surface area contributed by atoms with Gasteiger partial charge in [-0.05, 0) is 36.6 Å². The van der Waals surface area contributed by atoms with Gasteiger partial charge in [-0.25, -0.2) is 5.10 Å². The SMILES string of the molecule is O=c1[nH]nc(-c2ccc(CN3CCCC3c3cnc4c(c3)OCC4)cc2)s1. The Morgan fingerprint density at radius 1 is 1.30 bits per heavy atom. The summed E-state index contributed by atoms with van der Waals surface area (Å²) >= 11 is 1.14. The largest absolute Gasteiger partial charge is 0.491 e. The van der Waals surface area contributed by atoms with Crippen molar-refractivity contribution in [1.82, 2.24) is 20.1 Å². The standard InChI is InChI=1S/C20H20N4O2S/c25-20-23-22-19(27-20)14-5-3-13(4-6-14)12-24-8-1-2-17(24)15-10-18-16(21-11-15)7-9-26-18/h3-6,10-11,17H,1-2,7-9,12H2,(H,23,25). The number of nitrogens with one attached hydrogen (secondary N) is 1. The summed E-state index contributed by atoms with van der Waals surface area (Å²) in [5.74, 6) is 0.960. The molecule has 138 valence electrons. The van der Waals surface area contributed by atoms with E-state index in [9.17, 15) is 4.79 Å². The zero-order valence-corrected chi connectivity index (χ0v) is 15.7. The Bertz CT molecular complexity index is 1010. The molecule has 0 radical (unpaired) electrons. The van der Waals surface area contributed by atoms with Crippen LogP contribution in [0, 0.1) is 0 Å². The van der Waals surface area contributed by atoms with Crippen molar-refractivity contribution in [2.24, 2.45) is 0 Å². The van der Waals surface area contributed by atoms with Crippen LogP contribution in [0.2, 0.25) is 0 Å². The summed E-state index contributed by atoms with van der Waals surface area (Å²) in [6.07, 6.45) is 5.29. The highest BCUT2D eigenvalue weighted by Gasteiger charge is 2.27. The molecule has 3 aromatic rings. The minimum Gasteiger partial charge on any atom is -0.491 e. The van der Waals surface area contributed by atoms with Gasteiger partial charge in [0.25, 0.3) is 0 Å². The molecule has 1 N–H and O–H groups in total. The van der Waals surface area contributed by atoms with Crippen molar-refractivity contribution in [3.63, 3.8) is 0 Å². The van der Waals surface area contributed by atoms with Crippen LogP contribution in [0.25, 0.3) is 10.6 Å². The second kappa shape index (κ2) is 6.90. The van der Waals surface area contributed by atoms with Crippen LogP contribution in [0.4, 0.5) is 0 Å². The highest BCUT2D eigenvalue weighted by Crippen LogP contribution is 2.36. The molecule has 1 unspecified atom stereocenters. The van der Waals surface area contributed by atoms with Crippen LogP contribution >= 0.6 is 11.3 Å². The van der Waals surface area contributed by atoms with E-state index in [1.165, 1.54) is 17.5 Å². The average Bonchev–Trinajstić information content (AvgIpc) is 3.42. The van der Waals surface area contributed by atoms with E-state index in [0.717, 1.165) is 65.9 Å².